The minimum Gasteiger partial charge on any atom is -0.785 e. The SMILES string of the molecule is CCCNN1CC2=C(c3cccnc31)C(C(C)C)CN([O-])C2. The van der Waals surface area contributed by atoms with Crippen LogP contribution in [0.5, 0.6) is 0 Å². The number of nitrogens with zero attached hydrogens (tertiary/aromatic N) is 3. The average molecular weight is 301 g/mol. The van der Waals surface area contributed by atoms with E-state index < -0.39 is 0 Å². The van der Waals surface area contributed by atoms with Gasteiger partial charge in [-0.1, -0.05) is 20.8 Å². The van der Waals surface area contributed by atoms with Crippen LogP contribution in [-0.2, 0) is 0 Å². The van der Waals surface area contributed by atoms with E-state index in [2.05, 4.69) is 42.3 Å². The Morgan fingerprint density at radius 1 is 1.41 bits per heavy atom. The van der Waals surface area contributed by atoms with Crippen molar-refractivity contribution < 1.29 is 0 Å². The fourth-order valence-electron chi connectivity index (χ4n) is 3.47. The molecule has 2 aliphatic rings. The van der Waals surface area contributed by atoms with Gasteiger partial charge in [0.25, 0.3) is 0 Å². The van der Waals surface area contributed by atoms with Crippen molar-refractivity contribution in [2.75, 3.05) is 31.2 Å². The third-order valence-corrected chi connectivity index (χ3v) is 4.56. The fraction of sp³-hybridized carbons (Fsp3) is 0.588. The van der Waals surface area contributed by atoms with E-state index in [1.807, 2.05) is 12.3 Å². The Morgan fingerprint density at radius 2 is 2.23 bits per heavy atom. The minimum atomic E-state index is 0.289. The highest BCUT2D eigenvalue weighted by Crippen LogP contribution is 2.42. The lowest BCUT2D eigenvalue weighted by molar-refractivity contribution is 0.299. The predicted molar refractivity (Wildman–Crippen MR) is 90.1 cm³/mol. The molecule has 1 aromatic heterocycles. The maximum atomic E-state index is 12.1. The Bertz CT molecular complexity index is 570. The van der Waals surface area contributed by atoms with Gasteiger partial charge in [0.2, 0.25) is 0 Å². The molecular formula is C17H25N4O-. The number of hydrazine groups is 1. The molecule has 1 N–H and O–H groups in total. The number of rotatable bonds is 4. The summed E-state index contributed by atoms with van der Waals surface area (Å²) in [4.78, 5) is 4.59. The van der Waals surface area contributed by atoms with Crippen LogP contribution in [0.15, 0.2) is 23.9 Å². The summed E-state index contributed by atoms with van der Waals surface area (Å²) in [6.07, 6.45) is 2.91. The molecule has 2 aliphatic heterocycles. The number of fused-ring (bicyclic) bond motifs is 2. The first kappa shape index (κ1) is 15.5. The number of aromatic nitrogens is 1. The van der Waals surface area contributed by atoms with Crippen LogP contribution < -0.4 is 10.4 Å². The van der Waals surface area contributed by atoms with E-state index in [9.17, 15) is 5.21 Å². The molecule has 1 unspecified atom stereocenters. The molecule has 0 saturated heterocycles. The van der Waals surface area contributed by atoms with Gasteiger partial charge < -0.3 is 10.3 Å². The maximum absolute atomic E-state index is 12.1. The van der Waals surface area contributed by atoms with Crippen LogP contribution in [0, 0.1) is 17.0 Å². The molecule has 0 spiro atoms. The number of nitrogens with one attached hydrogen (secondary N) is 1. The number of anilines is 1. The van der Waals surface area contributed by atoms with Gasteiger partial charge in [-0.2, -0.15) is 0 Å². The Morgan fingerprint density at radius 3 is 2.95 bits per heavy atom. The molecule has 0 saturated carbocycles. The first-order valence-electron chi connectivity index (χ1n) is 8.22. The molecule has 0 aliphatic carbocycles. The second kappa shape index (κ2) is 6.36. The first-order chi connectivity index (χ1) is 10.6. The summed E-state index contributed by atoms with van der Waals surface area (Å²) in [5.74, 6) is 1.74. The Labute approximate surface area is 132 Å². The number of hydrogen-bond acceptors (Lipinski definition) is 5. The summed E-state index contributed by atoms with van der Waals surface area (Å²) in [5.41, 5.74) is 7.23. The molecule has 0 radical (unpaired) electrons. The Kier molecular flexibility index (Phi) is 4.47. The third kappa shape index (κ3) is 2.76. The standard InChI is InChI=1S/C17H25N4O/c1-4-7-19-21-10-13-9-20(22)11-15(12(2)3)16(13)14-6-5-8-18-17(14)21/h5-6,8,12,15,19H,4,7,9-11H2,1-3H3/q-1. The van der Waals surface area contributed by atoms with Gasteiger partial charge in [-0.15, -0.1) is 0 Å². The maximum Gasteiger partial charge on any atom is 0.150 e. The predicted octanol–water partition coefficient (Wildman–Crippen LogP) is 2.66. The van der Waals surface area contributed by atoms with Gasteiger partial charge in [-0.3, -0.25) is 5.01 Å². The van der Waals surface area contributed by atoms with Crippen LogP contribution in [0.4, 0.5) is 5.82 Å². The molecule has 0 amide bonds. The summed E-state index contributed by atoms with van der Waals surface area (Å²) in [7, 11) is 0. The van der Waals surface area contributed by atoms with E-state index in [1.165, 1.54) is 21.8 Å². The molecule has 3 rings (SSSR count). The normalized spacial score (nSPS) is 22.0. The second-order valence-corrected chi connectivity index (χ2v) is 6.56. The van der Waals surface area contributed by atoms with Crippen LogP contribution in [-0.4, -0.2) is 36.2 Å². The quantitative estimate of drug-likeness (QED) is 0.926. The van der Waals surface area contributed by atoms with Gasteiger partial charge in [-0.25, -0.2) is 10.4 Å². The molecule has 3 heterocycles. The lowest BCUT2D eigenvalue weighted by Gasteiger charge is -2.46. The lowest BCUT2D eigenvalue weighted by Crippen LogP contribution is -2.47. The average Bonchev–Trinajstić information content (AvgIpc) is 2.51. The molecule has 5 heteroatoms. The van der Waals surface area contributed by atoms with E-state index >= 15 is 0 Å². The Hall–Kier alpha value is -1.43. The molecule has 0 aromatic carbocycles. The van der Waals surface area contributed by atoms with Gasteiger partial charge in [0.05, 0.1) is 6.54 Å². The number of hydroxylamine groups is 2. The van der Waals surface area contributed by atoms with Gasteiger partial charge >= 0.3 is 0 Å². The number of hydrogen-bond donors (Lipinski definition) is 1. The summed E-state index contributed by atoms with van der Waals surface area (Å²) in [6, 6.07) is 4.14. The minimum absolute atomic E-state index is 0.289. The summed E-state index contributed by atoms with van der Waals surface area (Å²) >= 11 is 0. The third-order valence-electron chi connectivity index (χ3n) is 4.56. The van der Waals surface area contributed by atoms with E-state index in [-0.39, 0.29) is 5.92 Å². The lowest BCUT2D eigenvalue weighted by atomic mass is 9.78. The van der Waals surface area contributed by atoms with Crippen molar-refractivity contribution >= 4 is 11.4 Å². The van der Waals surface area contributed by atoms with Crippen LogP contribution in [0.3, 0.4) is 0 Å². The van der Waals surface area contributed by atoms with Crippen molar-refractivity contribution in [3.63, 3.8) is 0 Å². The smallest absolute Gasteiger partial charge is 0.150 e. The highest BCUT2D eigenvalue weighted by Gasteiger charge is 2.34. The highest BCUT2D eigenvalue weighted by molar-refractivity contribution is 5.82. The van der Waals surface area contributed by atoms with Crippen molar-refractivity contribution in [2.45, 2.75) is 27.2 Å². The second-order valence-electron chi connectivity index (χ2n) is 6.56. The molecule has 1 atom stereocenters. The largest absolute Gasteiger partial charge is 0.785 e. The summed E-state index contributed by atoms with van der Waals surface area (Å²) < 4.78 is 0. The zero-order valence-electron chi connectivity index (χ0n) is 13.7. The Balaban J connectivity index is 2.04. The zero-order valence-corrected chi connectivity index (χ0v) is 13.7. The molecule has 1 aromatic rings. The van der Waals surface area contributed by atoms with Crippen LogP contribution in [0.2, 0.25) is 0 Å². The molecular weight excluding hydrogens is 276 g/mol. The topological polar surface area (TPSA) is 54.5 Å². The van der Waals surface area contributed by atoms with Crippen LogP contribution >= 0.6 is 0 Å². The molecule has 5 nitrogen and oxygen atoms in total. The van der Waals surface area contributed by atoms with E-state index in [0.29, 0.717) is 19.0 Å². The molecule has 120 valence electrons. The molecule has 0 fully saturated rings. The van der Waals surface area contributed by atoms with Crippen molar-refractivity contribution in [1.82, 2.24) is 15.5 Å². The van der Waals surface area contributed by atoms with Crippen LogP contribution in [0.1, 0.15) is 32.8 Å². The van der Waals surface area contributed by atoms with Crippen molar-refractivity contribution in [3.05, 3.63) is 34.7 Å². The van der Waals surface area contributed by atoms with Gasteiger partial charge in [0, 0.05) is 24.8 Å². The van der Waals surface area contributed by atoms with Crippen molar-refractivity contribution in [3.8, 4) is 0 Å². The first-order valence-corrected chi connectivity index (χ1v) is 8.22. The van der Waals surface area contributed by atoms with Gasteiger partial charge in [-0.05, 0) is 48.1 Å². The fourth-order valence-corrected chi connectivity index (χ4v) is 3.47. The van der Waals surface area contributed by atoms with Crippen molar-refractivity contribution in [1.29, 1.82) is 0 Å². The van der Waals surface area contributed by atoms with Crippen molar-refractivity contribution in [2.24, 2.45) is 11.8 Å². The highest BCUT2D eigenvalue weighted by atomic mass is 16.5. The number of pyridine rings is 1. The van der Waals surface area contributed by atoms with Crippen LogP contribution in [0.25, 0.3) is 5.57 Å². The summed E-state index contributed by atoms with van der Waals surface area (Å²) in [6.45, 7) is 9.31. The van der Waals surface area contributed by atoms with E-state index in [0.717, 1.165) is 25.3 Å². The van der Waals surface area contributed by atoms with Gasteiger partial charge in [0.1, 0.15) is 0 Å². The summed E-state index contributed by atoms with van der Waals surface area (Å²) in [5, 5.41) is 15.4. The van der Waals surface area contributed by atoms with E-state index in [1.54, 1.807) is 0 Å². The van der Waals surface area contributed by atoms with Gasteiger partial charge in [0.15, 0.2) is 5.82 Å². The van der Waals surface area contributed by atoms with E-state index in [4.69, 9.17) is 0 Å². The monoisotopic (exact) mass is 301 g/mol. The molecule has 0 bridgehead atoms. The zero-order chi connectivity index (χ0) is 15.7. The molecule has 22 heavy (non-hydrogen) atoms.